The molecule has 1 fully saturated rings. The lowest BCUT2D eigenvalue weighted by Gasteiger charge is -2.25. The highest BCUT2D eigenvalue weighted by Crippen LogP contribution is 2.31. The van der Waals surface area contributed by atoms with Crippen LogP contribution >= 0.6 is 0 Å². The molecule has 0 saturated heterocycles. The van der Waals surface area contributed by atoms with E-state index in [9.17, 15) is 4.79 Å². The maximum atomic E-state index is 12.7. The Labute approximate surface area is 114 Å². The number of methoxy groups -OCH3 is 2. The van der Waals surface area contributed by atoms with Gasteiger partial charge in [0.15, 0.2) is 0 Å². The minimum absolute atomic E-state index is 0.0267. The Kier molecular flexibility index (Phi) is 4.30. The highest BCUT2D eigenvalue weighted by Gasteiger charge is 2.28. The van der Waals surface area contributed by atoms with Crippen molar-refractivity contribution >= 4 is 5.91 Å². The molecule has 0 aromatic heterocycles. The summed E-state index contributed by atoms with van der Waals surface area (Å²) in [5.74, 6) is 1.10. The number of carbonyl (C=O) groups is 1. The lowest BCUT2D eigenvalue weighted by atomic mass is 10.1. The maximum Gasteiger partial charge on any atom is 0.261 e. The van der Waals surface area contributed by atoms with E-state index in [1.807, 2.05) is 18.0 Å². The first-order chi connectivity index (χ1) is 9.19. The summed E-state index contributed by atoms with van der Waals surface area (Å²) < 4.78 is 10.6. The Balaban J connectivity index is 2.31. The molecule has 0 N–H and O–H groups in total. The Hall–Kier alpha value is -1.71. The zero-order valence-corrected chi connectivity index (χ0v) is 11.8. The van der Waals surface area contributed by atoms with Crippen molar-refractivity contribution in [2.75, 3.05) is 21.3 Å². The summed E-state index contributed by atoms with van der Waals surface area (Å²) in [6.07, 6.45) is 4.57. The second-order valence-corrected chi connectivity index (χ2v) is 4.89. The third-order valence-corrected chi connectivity index (χ3v) is 3.83. The summed E-state index contributed by atoms with van der Waals surface area (Å²) in [6, 6.07) is 5.74. The quantitative estimate of drug-likeness (QED) is 0.838. The molecule has 19 heavy (non-hydrogen) atoms. The number of benzene rings is 1. The van der Waals surface area contributed by atoms with Crippen molar-refractivity contribution in [2.45, 2.75) is 31.7 Å². The second kappa shape index (κ2) is 5.95. The molecule has 0 radical (unpaired) electrons. The van der Waals surface area contributed by atoms with Crippen LogP contribution in [0.5, 0.6) is 11.5 Å². The van der Waals surface area contributed by atoms with Crippen LogP contribution in [0.4, 0.5) is 0 Å². The minimum Gasteiger partial charge on any atom is -0.496 e. The first-order valence-electron chi connectivity index (χ1n) is 6.67. The first-order valence-corrected chi connectivity index (χ1v) is 6.67. The van der Waals surface area contributed by atoms with E-state index in [1.54, 1.807) is 26.4 Å². The number of rotatable bonds is 4. The number of hydrogen-bond acceptors (Lipinski definition) is 3. The molecule has 104 valence electrons. The fraction of sp³-hybridized carbons (Fsp3) is 0.533. The van der Waals surface area contributed by atoms with Crippen LogP contribution in [-0.2, 0) is 0 Å². The minimum atomic E-state index is -0.0267. The molecular weight excluding hydrogens is 242 g/mol. The van der Waals surface area contributed by atoms with Gasteiger partial charge in [0.05, 0.1) is 14.2 Å². The molecule has 1 amide bonds. The normalized spacial score (nSPS) is 15.3. The van der Waals surface area contributed by atoms with Gasteiger partial charge in [0.1, 0.15) is 17.1 Å². The molecule has 4 heteroatoms. The summed E-state index contributed by atoms with van der Waals surface area (Å²) in [4.78, 5) is 14.5. The molecular formula is C15H21NO3. The van der Waals surface area contributed by atoms with Gasteiger partial charge in [-0.05, 0) is 25.0 Å². The van der Waals surface area contributed by atoms with Crippen molar-refractivity contribution in [3.05, 3.63) is 23.8 Å². The van der Waals surface area contributed by atoms with Gasteiger partial charge in [-0.15, -0.1) is 0 Å². The predicted molar refractivity (Wildman–Crippen MR) is 73.9 cm³/mol. The van der Waals surface area contributed by atoms with E-state index in [1.165, 1.54) is 12.8 Å². The Bertz CT molecular complexity index is 430. The van der Waals surface area contributed by atoms with Gasteiger partial charge in [-0.2, -0.15) is 0 Å². The lowest BCUT2D eigenvalue weighted by Crippen LogP contribution is -2.35. The standard InChI is InChI=1S/C15H21NO3/c1-16(11-7-4-5-8-11)15(17)14-12(18-2)9-6-10-13(14)19-3/h6,9-11H,4-5,7-8H2,1-3H3. The predicted octanol–water partition coefficient (Wildman–Crippen LogP) is 2.72. The summed E-state index contributed by atoms with van der Waals surface area (Å²) in [7, 11) is 5.01. The molecule has 0 atom stereocenters. The Morgan fingerprint density at radius 2 is 1.68 bits per heavy atom. The lowest BCUT2D eigenvalue weighted by molar-refractivity contribution is 0.0728. The second-order valence-electron chi connectivity index (χ2n) is 4.89. The monoisotopic (exact) mass is 263 g/mol. The van der Waals surface area contributed by atoms with E-state index in [4.69, 9.17) is 9.47 Å². The van der Waals surface area contributed by atoms with E-state index in [0.29, 0.717) is 23.1 Å². The smallest absolute Gasteiger partial charge is 0.261 e. The average molecular weight is 263 g/mol. The number of nitrogens with zero attached hydrogens (tertiary/aromatic N) is 1. The Morgan fingerprint density at radius 3 is 2.16 bits per heavy atom. The molecule has 0 bridgehead atoms. The fourth-order valence-electron chi connectivity index (χ4n) is 2.70. The van der Waals surface area contributed by atoms with Gasteiger partial charge in [0, 0.05) is 13.1 Å². The van der Waals surface area contributed by atoms with Gasteiger partial charge < -0.3 is 14.4 Å². The van der Waals surface area contributed by atoms with Crippen LogP contribution in [0.25, 0.3) is 0 Å². The van der Waals surface area contributed by atoms with Crippen LogP contribution in [0.2, 0.25) is 0 Å². The van der Waals surface area contributed by atoms with Crippen molar-refractivity contribution in [3.8, 4) is 11.5 Å². The van der Waals surface area contributed by atoms with E-state index in [2.05, 4.69) is 0 Å². The van der Waals surface area contributed by atoms with E-state index in [-0.39, 0.29) is 5.91 Å². The number of amides is 1. The first kappa shape index (κ1) is 13.7. The molecule has 0 spiro atoms. The van der Waals surface area contributed by atoms with Crippen LogP contribution in [0.15, 0.2) is 18.2 Å². The fourth-order valence-corrected chi connectivity index (χ4v) is 2.70. The van der Waals surface area contributed by atoms with Crippen molar-refractivity contribution in [3.63, 3.8) is 0 Å². The maximum absolute atomic E-state index is 12.7. The van der Waals surface area contributed by atoms with Gasteiger partial charge >= 0.3 is 0 Å². The highest BCUT2D eigenvalue weighted by atomic mass is 16.5. The van der Waals surface area contributed by atoms with Gasteiger partial charge in [-0.3, -0.25) is 4.79 Å². The molecule has 1 aromatic carbocycles. The zero-order chi connectivity index (χ0) is 13.8. The highest BCUT2D eigenvalue weighted by molar-refractivity contribution is 5.99. The third-order valence-electron chi connectivity index (χ3n) is 3.83. The molecule has 1 aromatic rings. The largest absolute Gasteiger partial charge is 0.496 e. The SMILES string of the molecule is COc1cccc(OC)c1C(=O)N(C)C1CCCC1. The molecule has 1 aliphatic rings. The van der Waals surface area contributed by atoms with Crippen molar-refractivity contribution < 1.29 is 14.3 Å². The van der Waals surface area contributed by atoms with Crippen LogP contribution in [0.3, 0.4) is 0 Å². The topological polar surface area (TPSA) is 38.8 Å². The summed E-state index contributed by atoms with van der Waals surface area (Å²) in [5.41, 5.74) is 0.516. The molecule has 4 nitrogen and oxygen atoms in total. The van der Waals surface area contributed by atoms with Crippen LogP contribution in [0, 0.1) is 0 Å². The third kappa shape index (κ3) is 2.67. The van der Waals surface area contributed by atoms with Crippen molar-refractivity contribution in [2.24, 2.45) is 0 Å². The van der Waals surface area contributed by atoms with Crippen LogP contribution < -0.4 is 9.47 Å². The van der Waals surface area contributed by atoms with Crippen LogP contribution in [0.1, 0.15) is 36.0 Å². The van der Waals surface area contributed by atoms with Gasteiger partial charge in [0.25, 0.3) is 5.91 Å². The van der Waals surface area contributed by atoms with E-state index in [0.717, 1.165) is 12.8 Å². The zero-order valence-electron chi connectivity index (χ0n) is 11.8. The number of carbonyl (C=O) groups excluding carboxylic acids is 1. The molecule has 0 aliphatic heterocycles. The van der Waals surface area contributed by atoms with Gasteiger partial charge in [0.2, 0.25) is 0 Å². The van der Waals surface area contributed by atoms with Crippen molar-refractivity contribution in [1.82, 2.24) is 4.90 Å². The molecule has 0 unspecified atom stereocenters. The number of hydrogen-bond donors (Lipinski definition) is 0. The molecule has 0 heterocycles. The molecule has 2 rings (SSSR count). The average Bonchev–Trinajstić information content (AvgIpc) is 2.98. The van der Waals surface area contributed by atoms with Gasteiger partial charge in [-0.25, -0.2) is 0 Å². The van der Waals surface area contributed by atoms with E-state index < -0.39 is 0 Å². The van der Waals surface area contributed by atoms with Crippen LogP contribution in [-0.4, -0.2) is 38.1 Å². The summed E-state index contributed by atoms with van der Waals surface area (Å²) in [5, 5.41) is 0. The summed E-state index contributed by atoms with van der Waals surface area (Å²) >= 11 is 0. The number of ether oxygens (including phenoxy) is 2. The summed E-state index contributed by atoms with van der Waals surface area (Å²) in [6.45, 7) is 0. The molecule has 1 saturated carbocycles. The van der Waals surface area contributed by atoms with E-state index >= 15 is 0 Å². The Morgan fingerprint density at radius 1 is 1.16 bits per heavy atom. The van der Waals surface area contributed by atoms with Crippen molar-refractivity contribution in [1.29, 1.82) is 0 Å². The van der Waals surface area contributed by atoms with Gasteiger partial charge in [-0.1, -0.05) is 18.9 Å². The molecule has 1 aliphatic carbocycles.